The summed E-state index contributed by atoms with van der Waals surface area (Å²) in [5, 5.41) is 15.8. The molecule has 12 heavy (non-hydrogen) atoms. The van der Waals surface area contributed by atoms with Gasteiger partial charge in [0.15, 0.2) is 0 Å². The first-order valence-electron chi connectivity index (χ1n) is 3.99. The van der Waals surface area contributed by atoms with Crippen LogP contribution in [-0.2, 0) is 0 Å². The highest BCUT2D eigenvalue weighted by Crippen LogP contribution is 2.29. The van der Waals surface area contributed by atoms with Gasteiger partial charge in [-0.15, -0.1) is 0 Å². The van der Waals surface area contributed by atoms with E-state index in [9.17, 15) is 0 Å². The predicted octanol–water partition coefficient (Wildman–Crippen LogP) is 2.71. The third-order valence-electron chi connectivity index (χ3n) is 2.20. The monoisotopic (exact) mass is 170 g/mol. The standard InChI is InChI=1S/C8H18N4/c1-7(2,11-9-5)8(3,4)12-10-6/h1-6H3. The van der Waals surface area contributed by atoms with Gasteiger partial charge in [0.2, 0.25) is 0 Å². The van der Waals surface area contributed by atoms with E-state index in [0.29, 0.717) is 0 Å². The average molecular weight is 170 g/mol. The fourth-order valence-electron chi connectivity index (χ4n) is 0.745. The highest BCUT2D eigenvalue weighted by atomic mass is 15.2. The lowest BCUT2D eigenvalue weighted by Crippen LogP contribution is -2.41. The number of azo groups is 2. The number of nitrogens with zero attached hydrogens (tertiary/aromatic N) is 4. The highest BCUT2D eigenvalue weighted by molar-refractivity contribution is 4.98. The van der Waals surface area contributed by atoms with Crippen LogP contribution in [0.3, 0.4) is 0 Å². The van der Waals surface area contributed by atoms with Crippen molar-refractivity contribution in [2.45, 2.75) is 38.8 Å². The molecule has 0 unspecified atom stereocenters. The molecule has 0 aromatic carbocycles. The minimum Gasteiger partial charge on any atom is -0.197 e. The minimum atomic E-state index is -0.304. The van der Waals surface area contributed by atoms with Crippen LogP contribution >= 0.6 is 0 Å². The zero-order valence-corrected chi connectivity index (χ0v) is 8.79. The lowest BCUT2D eigenvalue weighted by Gasteiger charge is -2.32. The lowest BCUT2D eigenvalue weighted by atomic mass is 9.84. The van der Waals surface area contributed by atoms with Crippen molar-refractivity contribution in [2.24, 2.45) is 20.5 Å². The molecular formula is C8H18N4. The van der Waals surface area contributed by atoms with Gasteiger partial charge in [-0.2, -0.15) is 20.5 Å². The van der Waals surface area contributed by atoms with Crippen molar-refractivity contribution in [1.29, 1.82) is 0 Å². The molecule has 0 rings (SSSR count). The van der Waals surface area contributed by atoms with Gasteiger partial charge in [-0.3, -0.25) is 0 Å². The zero-order chi connectivity index (χ0) is 9.83. The van der Waals surface area contributed by atoms with Crippen LogP contribution < -0.4 is 0 Å². The highest BCUT2D eigenvalue weighted by Gasteiger charge is 2.37. The Morgan fingerprint density at radius 1 is 0.667 bits per heavy atom. The van der Waals surface area contributed by atoms with E-state index in [0.717, 1.165) is 0 Å². The quantitative estimate of drug-likeness (QED) is 0.585. The lowest BCUT2D eigenvalue weighted by molar-refractivity contribution is 0.289. The van der Waals surface area contributed by atoms with Crippen LogP contribution in [0.1, 0.15) is 27.7 Å². The van der Waals surface area contributed by atoms with Crippen LogP contribution in [0.25, 0.3) is 0 Å². The fraction of sp³-hybridized carbons (Fsp3) is 1.00. The molecule has 0 N–H and O–H groups in total. The minimum absolute atomic E-state index is 0.304. The SMILES string of the molecule is CN=NC(C)(C)C(C)(C)N=NC. The second-order valence-corrected chi connectivity index (χ2v) is 3.72. The molecule has 0 aromatic heterocycles. The molecule has 70 valence electrons. The van der Waals surface area contributed by atoms with Crippen LogP contribution in [0.2, 0.25) is 0 Å². The molecule has 0 heterocycles. The Balaban J connectivity index is 4.73. The van der Waals surface area contributed by atoms with Crippen LogP contribution in [-0.4, -0.2) is 25.2 Å². The molecule has 0 radical (unpaired) electrons. The Morgan fingerprint density at radius 2 is 0.917 bits per heavy atom. The molecule has 4 nitrogen and oxygen atoms in total. The van der Waals surface area contributed by atoms with Crippen molar-refractivity contribution in [3.63, 3.8) is 0 Å². The van der Waals surface area contributed by atoms with Crippen molar-refractivity contribution >= 4 is 0 Å². The molecule has 0 aliphatic heterocycles. The molecule has 4 heteroatoms. The summed E-state index contributed by atoms with van der Waals surface area (Å²) < 4.78 is 0. The molecule has 0 amide bonds. The molecule has 0 fully saturated rings. The van der Waals surface area contributed by atoms with Gasteiger partial charge >= 0.3 is 0 Å². The average Bonchev–Trinajstić information content (AvgIpc) is 1.86. The molecule has 0 aromatic rings. The van der Waals surface area contributed by atoms with Gasteiger partial charge in [0.25, 0.3) is 0 Å². The summed E-state index contributed by atoms with van der Waals surface area (Å²) in [5.41, 5.74) is -0.609. The molecule has 0 aliphatic carbocycles. The van der Waals surface area contributed by atoms with Crippen molar-refractivity contribution < 1.29 is 0 Å². The van der Waals surface area contributed by atoms with E-state index in [4.69, 9.17) is 0 Å². The van der Waals surface area contributed by atoms with Crippen LogP contribution in [0.5, 0.6) is 0 Å². The molecule has 0 aliphatic rings. The van der Waals surface area contributed by atoms with Crippen LogP contribution in [0.4, 0.5) is 0 Å². The predicted molar refractivity (Wildman–Crippen MR) is 49.7 cm³/mol. The maximum atomic E-state index is 4.12. The van der Waals surface area contributed by atoms with Crippen LogP contribution in [0.15, 0.2) is 20.5 Å². The molecule has 0 saturated heterocycles. The van der Waals surface area contributed by atoms with E-state index in [2.05, 4.69) is 20.5 Å². The number of hydrogen-bond donors (Lipinski definition) is 0. The topological polar surface area (TPSA) is 49.4 Å². The second-order valence-electron chi connectivity index (χ2n) is 3.72. The third kappa shape index (κ3) is 2.36. The molecule has 0 atom stereocenters. The largest absolute Gasteiger partial charge is 0.197 e. The van der Waals surface area contributed by atoms with Crippen molar-refractivity contribution in [3.8, 4) is 0 Å². The van der Waals surface area contributed by atoms with Gasteiger partial charge in [-0.05, 0) is 27.7 Å². The van der Waals surface area contributed by atoms with Crippen molar-refractivity contribution in [1.82, 2.24) is 0 Å². The normalized spacial score (nSPS) is 14.8. The van der Waals surface area contributed by atoms with Crippen molar-refractivity contribution in [3.05, 3.63) is 0 Å². The Hall–Kier alpha value is -0.800. The molecule has 0 bridgehead atoms. The Morgan fingerprint density at radius 3 is 1.08 bits per heavy atom. The van der Waals surface area contributed by atoms with E-state index in [-0.39, 0.29) is 11.1 Å². The van der Waals surface area contributed by atoms with E-state index in [1.54, 1.807) is 14.1 Å². The second kappa shape index (κ2) is 3.74. The molecule has 0 spiro atoms. The molecule has 0 saturated carbocycles. The van der Waals surface area contributed by atoms with Crippen molar-refractivity contribution in [2.75, 3.05) is 14.1 Å². The summed E-state index contributed by atoms with van der Waals surface area (Å²) in [5.74, 6) is 0. The van der Waals surface area contributed by atoms with Crippen LogP contribution in [0, 0.1) is 0 Å². The van der Waals surface area contributed by atoms with E-state index >= 15 is 0 Å². The third-order valence-corrected chi connectivity index (χ3v) is 2.20. The smallest absolute Gasteiger partial charge is 0.102 e. The first-order valence-corrected chi connectivity index (χ1v) is 3.99. The summed E-state index contributed by atoms with van der Waals surface area (Å²) in [6, 6.07) is 0. The summed E-state index contributed by atoms with van der Waals surface area (Å²) in [6.45, 7) is 7.98. The maximum absolute atomic E-state index is 4.12. The summed E-state index contributed by atoms with van der Waals surface area (Å²) in [4.78, 5) is 0. The number of hydrogen-bond acceptors (Lipinski definition) is 4. The Labute approximate surface area is 74.2 Å². The first kappa shape index (κ1) is 11.2. The fourth-order valence-corrected chi connectivity index (χ4v) is 0.745. The Kier molecular flexibility index (Phi) is 3.49. The van der Waals surface area contributed by atoms with E-state index in [1.807, 2.05) is 27.7 Å². The summed E-state index contributed by atoms with van der Waals surface area (Å²) >= 11 is 0. The van der Waals surface area contributed by atoms with Gasteiger partial charge in [0.1, 0.15) is 11.1 Å². The van der Waals surface area contributed by atoms with E-state index in [1.165, 1.54) is 0 Å². The van der Waals surface area contributed by atoms with Gasteiger partial charge in [-0.25, -0.2) is 0 Å². The summed E-state index contributed by atoms with van der Waals surface area (Å²) in [6.07, 6.45) is 0. The van der Waals surface area contributed by atoms with Gasteiger partial charge < -0.3 is 0 Å². The van der Waals surface area contributed by atoms with Gasteiger partial charge in [0, 0.05) is 14.1 Å². The summed E-state index contributed by atoms with van der Waals surface area (Å²) in [7, 11) is 3.34. The Bertz CT molecular complexity index is 169. The maximum Gasteiger partial charge on any atom is 0.102 e. The van der Waals surface area contributed by atoms with Gasteiger partial charge in [0.05, 0.1) is 0 Å². The molecular weight excluding hydrogens is 152 g/mol. The first-order chi connectivity index (χ1) is 5.37. The zero-order valence-electron chi connectivity index (χ0n) is 8.79. The van der Waals surface area contributed by atoms with E-state index < -0.39 is 0 Å². The number of rotatable bonds is 3. The van der Waals surface area contributed by atoms with Gasteiger partial charge in [-0.1, -0.05) is 0 Å².